The van der Waals surface area contributed by atoms with Crippen LogP contribution in [0, 0.1) is 5.92 Å². The molecule has 3 nitrogen and oxygen atoms in total. The molecule has 0 aliphatic heterocycles. The number of carbonyl (C=O) groups excluding carboxylic acids is 1. The summed E-state index contributed by atoms with van der Waals surface area (Å²) in [6, 6.07) is 3.59. The van der Waals surface area contributed by atoms with Gasteiger partial charge in [-0.05, 0) is 24.5 Å². The molecule has 0 radical (unpaired) electrons. The zero-order valence-corrected chi connectivity index (χ0v) is 8.66. The van der Waals surface area contributed by atoms with E-state index in [1.807, 2.05) is 6.07 Å². The molecule has 1 aromatic heterocycles. The molecule has 1 rings (SSSR count). The predicted octanol–water partition coefficient (Wildman–Crippen LogP) is 2.35. The molecule has 0 unspecified atom stereocenters. The van der Waals surface area contributed by atoms with Crippen molar-refractivity contribution in [2.24, 2.45) is 5.92 Å². The quantitative estimate of drug-likeness (QED) is 0.728. The Labute approximate surface area is 84.6 Å². The Morgan fingerprint density at radius 1 is 1.50 bits per heavy atom. The van der Waals surface area contributed by atoms with Crippen molar-refractivity contribution in [2.45, 2.75) is 20.3 Å². The number of pyridine rings is 1. The van der Waals surface area contributed by atoms with Crippen molar-refractivity contribution < 1.29 is 4.79 Å². The maximum Gasteiger partial charge on any atom is 0.168 e. The molecule has 0 saturated carbocycles. The van der Waals surface area contributed by atoms with Gasteiger partial charge >= 0.3 is 0 Å². The fourth-order valence-corrected chi connectivity index (χ4v) is 1.08. The van der Waals surface area contributed by atoms with Crippen LogP contribution in [0.15, 0.2) is 18.3 Å². The fourth-order valence-electron chi connectivity index (χ4n) is 1.08. The highest BCUT2D eigenvalue weighted by Gasteiger charge is 1.95. The van der Waals surface area contributed by atoms with Crippen molar-refractivity contribution in [3.8, 4) is 0 Å². The number of hydrogen-bond donors (Lipinski definition) is 1. The second-order valence-electron chi connectivity index (χ2n) is 3.70. The van der Waals surface area contributed by atoms with Gasteiger partial charge in [-0.15, -0.1) is 0 Å². The van der Waals surface area contributed by atoms with E-state index in [0.29, 0.717) is 11.6 Å². The highest BCUT2D eigenvalue weighted by molar-refractivity contribution is 5.72. The number of nitrogens with one attached hydrogen (secondary N) is 1. The van der Waals surface area contributed by atoms with Crippen LogP contribution in [0.2, 0.25) is 0 Å². The Morgan fingerprint density at radius 2 is 2.29 bits per heavy atom. The molecule has 0 aliphatic rings. The molecule has 0 aromatic carbocycles. The van der Waals surface area contributed by atoms with Gasteiger partial charge in [-0.2, -0.15) is 0 Å². The van der Waals surface area contributed by atoms with Gasteiger partial charge in [-0.25, -0.2) is 0 Å². The number of carbonyl (C=O) groups is 1. The highest BCUT2D eigenvalue weighted by atomic mass is 16.1. The van der Waals surface area contributed by atoms with Gasteiger partial charge in [0, 0.05) is 6.54 Å². The Morgan fingerprint density at radius 3 is 2.79 bits per heavy atom. The van der Waals surface area contributed by atoms with Gasteiger partial charge in [0.25, 0.3) is 0 Å². The monoisotopic (exact) mass is 192 g/mol. The summed E-state index contributed by atoms with van der Waals surface area (Å²) in [7, 11) is 0. The second-order valence-corrected chi connectivity index (χ2v) is 3.70. The first-order valence-corrected chi connectivity index (χ1v) is 4.87. The normalized spacial score (nSPS) is 10.2. The van der Waals surface area contributed by atoms with E-state index in [0.717, 1.165) is 24.9 Å². The number of aromatic nitrogens is 1. The maximum absolute atomic E-state index is 10.3. The lowest BCUT2D eigenvalue weighted by Gasteiger charge is -2.07. The summed E-state index contributed by atoms with van der Waals surface area (Å²) < 4.78 is 0. The molecule has 1 heterocycles. The molecule has 0 fully saturated rings. The fraction of sp³-hybridized carbons (Fsp3) is 0.455. The number of rotatable bonds is 5. The summed E-state index contributed by atoms with van der Waals surface area (Å²) in [5, 5.41) is 3.25. The summed E-state index contributed by atoms with van der Waals surface area (Å²) >= 11 is 0. The van der Waals surface area contributed by atoms with E-state index in [2.05, 4.69) is 24.1 Å². The highest BCUT2D eigenvalue weighted by Crippen LogP contribution is 2.06. The third kappa shape index (κ3) is 3.56. The molecule has 76 valence electrons. The molecule has 3 heteroatoms. The molecule has 0 spiro atoms. The van der Waals surface area contributed by atoms with Gasteiger partial charge in [-0.3, -0.25) is 9.78 Å². The number of hydrogen-bond acceptors (Lipinski definition) is 3. The summed E-state index contributed by atoms with van der Waals surface area (Å²) in [6.07, 6.45) is 3.57. The van der Waals surface area contributed by atoms with Crippen LogP contribution in [0.25, 0.3) is 0 Å². The van der Waals surface area contributed by atoms with E-state index in [4.69, 9.17) is 0 Å². The van der Waals surface area contributed by atoms with Crippen molar-refractivity contribution >= 4 is 12.0 Å². The van der Waals surface area contributed by atoms with Crippen molar-refractivity contribution in [1.29, 1.82) is 0 Å². The van der Waals surface area contributed by atoms with E-state index in [1.54, 1.807) is 12.3 Å². The SMILES string of the molecule is CC(C)CCNc1ccc(C=O)nc1. The van der Waals surface area contributed by atoms with Crippen LogP contribution < -0.4 is 5.32 Å². The van der Waals surface area contributed by atoms with Crippen LogP contribution in [0.4, 0.5) is 5.69 Å². The Kier molecular flexibility index (Phi) is 4.11. The van der Waals surface area contributed by atoms with Crippen molar-refractivity contribution in [1.82, 2.24) is 4.98 Å². The van der Waals surface area contributed by atoms with Crippen LogP contribution in [0.5, 0.6) is 0 Å². The van der Waals surface area contributed by atoms with Crippen LogP contribution in [-0.2, 0) is 0 Å². The lowest BCUT2D eigenvalue weighted by Crippen LogP contribution is -2.05. The molecular formula is C11H16N2O. The Bertz CT molecular complexity index is 280. The van der Waals surface area contributed by atoms with Crippen molar-refractivity contribution in [2.75, 3.05) is 11.9 Å². The Balaban J connectivity index is 2.40. The summed E-state index contributed by atoms with van der Waals surface area (Å²) in [5.74, 6) is 0.699. The minimum atomic E-state index is 0.472. The van der Waals surface area contributed by atoms with Gasteiger partial charge < -0.3 is 5.32 Å². The second kappa shape index (κ2) is 5.37. The molecule has 0 aliphatic carbocycles. The van der Waals surface area contributed by atoms with E-state index >= 15 is 0 Å². The van der Waals surface area contributed by atoms with Crippen LogP contribution in [0.3, 0.4) is 0 Å². The third-order valence-electron chi connectivity index (χ3n) is 1.96. The zero-order chi connectivity index (χ0) is 10.4. The minimum absolute atomic E-state index is 0.472. The van der Waals surface area contributed by atoms with Gasteiger partial charge in [0.15, 0.2) is 6.29 Å². The van der Waals surface area contributed by atoms with Crippen molar-refractivity contribution in [3.05, 3.63) is 24.0 Å². The number of anilines is 1. The standard InChI is InChI=1S/C11H16N2O/c1-9(2)5-6-12-10-3-4-11(8-14)13-7-10/h3-4,7-9,12H,5-6H2,1-2H3. The summed E-state index contributed by atoms with van der Waals surface area (Å²) in [4.78, 5) is 14.3. The molecule has 0 atom stereocenters. The van der Waals surface area contributed by atoms with Gasteiger partial charge in [-0.1, -0.05) is 13.8 Å². The average Bonchev–Trinajstić information content (AvgIpc) is 2.18. The summed E-state index contributed by atoms with van der Waals surface area (Å²) in [5.41, 5.74) is 1.44. The minimum Gasteiger partial charge on any atom is -0.384 e. The molecule has 14 heavy (non-hydrogen) atoms. The molecule has 0 saturated heterocycles. The van der Waals surface area contributed by atoms with E-state index in [9.17, 15) is 4.79 Å². The first-order chi connectivity index (χ1) is 6.72. The van der Waals surface area contributed by atoms with Gasteiger partial charge in [0.2, 0.25) is 0 Å². The molecule has 1 N–H and O–H groups in total. The number of nitrogens with zero attached hydrogens (tertiary/aromatic N) is 1. The third-order valence-corrected chi connectivity index (χ3v) is 1.96. The lowest BCUT2D eigenvalue weighted by molar-refractivity contribution is 0.111. The van der Waals surface area contributed by atoms with E-state index in [-0.39, 0.29) is 0 Å². The van der Waals surface area contributed by atoms with Gasteiger partial charge in [0.1, 0.15) is 5.69 Å². The summed E-state index contributed by atoms with van der Waals surface area (Å²) in [6.45, 7) is 5.32. The molecule has 0 amide bonds. The largest absolute Gasteiger partial charge is 0.384 e. The smallest absolute Gasteiger partial charge is 0.168 e. The number of aldehydes is 1. The van der Waals surface area contributed by atoms with Crippen molar-refractivity contribution in [3.63, 3.8) is 0 Å². The lowest BCUT2D eigenvalue weighted by atomic mass is 10.1. The van der Waals surface area contributed by atoms with E-state index in [1.165, 1.54) is 0 Å². The van der Waals surface area contributed by atoms with Crippen LogP contribution >= 0.6 is 0 Å². The topological polar surface area (TPSA) is 42.0 Å². The first-order valence-electron chi connectivity index (χ1n) is 4.87. The molecular weight excluding hydrogens is 176 g/mol. The molecule has 0 bridgehead atoms. The average molecular weight is 192 g/mol. The van der Waals surface area contributed by atoms with Crippen LogP contribution in [-0.4, -0.2) is 17.8 Å². The maximum atomic E-state index is 10.3. The van der Waals surface area contributed by atoms with Gasteiger partial charge in [0.05, 0.1) is 11.9 Å². The first kappa shape index (κ1) is 10.7. The predicted molar refractivity (Wildman–Crippen MR) is 57.6 cm³/mol. The molecule has 1 aromatic rings. The zero-order valence-electron chi connectivity index (χ0n) is 8.66. The Hall–Kier alpha value is -1.38. The van der Waals surface area contributed by atoms with Crippen LogP contribution in [0.1, 0.15) is 30.8 Å². The van der Waals surface area contributed by atoms with E-state index < -0.39 is 0 Å².